The maximum absolute atomic E-state index is 13.3. The lowest BCUT2D eigenvalue weighted by atomic mass is 9.89. The summed E-state index contributed by atoms with van der Waals surface area (Å²) in [4.78, 5) is 27.3. The lowest BCUT2D eigenvalue weighted by molar-refractivity contribution is -0.131. The van der Waals surface area contributed by atoms with Crippen molar-refractivity contribution in [3.05, 3.63) is 52.6 Å². The van der Waals surface area contributed by atoms with Gasteiger partial charge < -0.3 is 30.1 Å². The number of ether oxygens (including phenoxy) is 1. The van der Waals surface area contributed by atoms with Crippen LogP contribution < -0.4 is 4.74 Å². The highest BCUT2D eigenvalue weighted by Gasteiger charge is 2.26. The molecule has 0 unspecified atom stereocenters. The summed E-state index contributed by atoms with van der Waals surface area (Å²) in [6, 6.07) is 7.53. The molecular formula is C23H29NO7. The Kier molecular flexibility index (Phi) is 8.84. The molecule has 0 fully saturated rings. The Hall–Kier alpha value is -3.10. The maximum Gasteiger partial charge on any atom is 0.227 e. The molecule has 0 saturated heterocycles. The van der Waals surface area contributed by atoms with Crippen LogP contribution in [0.1, 0.15) is 40.9 Å². The van der Waals surface area contributed by atoms with Crippen LogP contribution >= 0.6 is 0 Å². The molecule has 0 saturated carbocycles. The molecule has 0 bridgehead atoms. The van der Waals surface area contributed by atoms with Crippen molar-refractivity contribution in [2.45, 2.75) is 26.7 Å². The third-order valence-corrected chi connectivity index (χ3v) is 4.93. The van der Waals surface area contributed by atoms with Crippen molar-refractivity contribution < 1.29 is 34.8 Å². The largest absolute Gasteiger partial charge is 0.508 e. The standard InChI is InChI=1S/C23H29NO7/c1-3-17-18(13-21(29)24(9-11-25)10-12-26)22(20(28)14-19(17)27)23(30)15-5-7-16(8-6-15)31-4-2/h5-8,14,25-28H,3-4,9-13H2,1-2H3. The van der Waals surface area contributed by atoms with Gasteiger partial charge in [0.2, 0.25) is 5.91 Å². The Balaban J connectivity index is 2.51. The number of hydrogen-bond acceptors (Lipinski definition) is 7. The van der Waals surface area contributed by atoms with Crippen molar-refractivity contribution in [2.24, 2.45) is 0 Å². The number of aromatic hydroxyl groups is 2. The summed E-state index contributed by atoms with van der Waals surface area (Å²) in [6.07, 6.45) is 0.0571. The van der Waals surface area contributed by atoms with Gasteiger partial charge in [-0.05, 0) is 48.7 Å². The van der Waals surface area contributed by atoms with E-state index < -0.39 is 17.4 Å². The SMILES string of the molecule is CCOc1ccc(C(=O)c2c(O)cc(O)c(CC)c2CC(=O)N(CCO)CCO)cc1. The quantitative estimate of drug-likeness (QED) is 0.398. The van der Waals surface area contributed by atoms with E-state index in [1.807, 2.05) is 6.92 Å². The zero-order valence-electron chi connectivity index (χ0n) is 17.8. The summed E-state index contributed by atoms with van der Waals surface area (Å²) in [6.45, 7) is 3.58. The van der Waals surface area contributed by atoms with Crippen LogP contribution in [-0.4, -0.2) is 69.9 Å². The van der Waals surface area contributed by atoms with Gasteiger partial charge in [0.25, 0.3) is 0 Å². The highest BCUT2D eigenvalue weighted by molar-refractivity contribution is 6.12. The summed E-state index contributed by atoms with van der Waals surface area (Å²) in [5, 5.41) is 39.2. The number of amides is 1. The van der Waals surface area contributed by atoms with Gasteiger partial charge >= 0.3 is 0 Å². The van der Waals surface area contributed by atoms with Gasteiger partial charge in [0.05, 0.1) is 31.8 Å². The fourth-order valence-corrected chi connectivity index (χ4v) is 3.47. The molecule has 0 atom stereocenters. The van der Waals surface area contributed by atoms with E-state index in [0.29, 0.717) is 29.9 Å². The molecule has 0 aliphatic carbocycles. The number of phenolic OH excluding ortho intramolecular Hbond substituents is 2. The van der Waals surface area contributed by atoms with Crippen LogP contribution in [0.25, 0.3) is 0 Å². The van der Waals surface area contributed by atoms with Crippen molar-refractivity contribution in [3.63, 3.8) is 0 Å². The summed E-state index contributed by atoms with van der Waals surface area (Å²) in [5.74, 6) is -0.964. The number of ketones is 1. The van der Waals surface area contributed by atoms with E-state index in [1.165, 1.54) is 4.90 Å². The van der Waals surface area contributed by atoms with Crippen molar-refractivity contribution in [2.75, 3.05) is 32.9 Å². The molecule has 0 heterocycles. The molecule has 8 nitrogen and oxygen atoms in total. The molecule has 8 heteroatoms. The lowest BCUT2D eigenvalue weighted by Crippen LogP contribution is -2.37. The van der Waals surface area contributed by atoms with Crippen LogP contribution in [0.4, 0.5) is 0 Å². The first kappa shape index (κ1) is 24.2. The molecule has 1 amide bonds. The minimum atomic E-state index is -0.492. The average Bonchev–Trinajstić information content (AvgIpc) is 2.74. The molecule has 0 aliphatic heterocycles. The molecule has 2 aromatic rings. The van der Waals surface area contributed by atoms with Crippen molar-refractivity contribution in [3.8, 4) is 17.2 Å². The third kappa shape index (κ3) is 5.74. The first-order valence-corrected chi connectivity index (χ1v) is 10.2. The minimum absolute atomic E-state index is 0.0216. The summed E-state index contributed by atoms with van der Waals surface area (Å²) >= 11 is 0. The number of aliphatic hydroxyl groups is 2. The molecule has 4 N–H and O–H groups in total. The van der Waals surface area contributed by atoms with Crippen LogP contribution in [0.15, 0.2) is 30.3 Å². The van der Waals surface area contributed by atoms with E-state index in [2.05, 4.69) is 0 Å². The summed E-state index contributed by atoms with van der Waals surface area (Å²) in [7, 11) is 0. The van der Waals surface area contributed by atoms with Crippen LogP contribution in [0.3, 0.4) is 0 Å². The molecule has 168 valence electrons. The third-order valence-electron chi connectivity index (χ3n) is 4.93. The van der Waals surface area contributed by atoms with E-state index in [0.717, 1.165) is 6.07 Å². The van der Waals surface area contributed by atoms with Gasteiger partial charge in [-0.2, -0.15) is 0 Å². The number of nitrogens with zero attached hydrogens (tertiary/aromatic N) is 1. The normalized spacial score (nSPS) is 10.7. The Bertz CT molecular complexity index is 903. The monoisotopic (exact) mass is 431 g/mol. The molecule has 31 heavy (non-hydrogen) atoms. The zero-order chi connectivity index (χ0) is 23.0. The van der Waals surface area contributed by atoms with Gasteiger partial charge in [-0.3, -0.25) is 9.59 Å². The van der Waals surface area contributed by atoms with Crippen LogP contribution in [-0.2, 0) is 17.6 Å². The van der Waals surface area contributed by atoms with Gasteiger partial charge in [0, 0.05) is 24.7 Å². The molecular weight excluding hydrogens is 402 g/mol. The number of rotatable bonds is 11. The van der Waals surface area contributed by atoms with E-state index in [1.54, 1.807) is 31.2 Å². The second-order valence-corrected chi connectivity index (χ2v) is 6.89. The Labute approximate surface area is 181 Å². The number of aliphatic hydroxyl groups excluding tert-OH is 2. The van der Waals surface area contributed by atoms with Crippen molar-refractivity contribution >= 4 is 11.7 Å². The highest BCUT2D eigenvalue weighted by Crippen LogP contribution is 2.35. The fourth-order valence-electron chi connectivity index (χ4n) is 3.47. The second-order valence-electron chi connectivity index (χ2n) is 6.89. The van der Waals surface area contributed by atoms with Crippen LogP contribution in [0, 0.1) is 0 Å². The van der Waals surface area contributed by atoms with Gasteiger partial charge in [0.1, 0.15) is 17.2 Å². The number of carbonyl (C=O) groups is 2. The zero-order valence-corrected chi connectivity index (χ0v) is 17.8. The molecule has 0 aliphatic rings. The van der Waals surface area contributed by atoms with Gasteiger partial charge in [-0.15, -0.1) is 0 Å². The first-order chi connectivity index (χ1) is 14.9. The summed E-state index contributed by atoms with van der Waals surface area (Å²) < 4.78 is 5.39. The van der Waals surface area contributed by atoms with E-state index in [-0.39, 0.29) is 49.6 Å². The Morgan fingerprint density at radius 1 is 0.935 bits per heavy atom. The van der Waals surface area contributed by atoms with E-state index >= 15 is 0 Å². The lowest BCUT2D eigenvalue weighted by Gasteiger charge is -2.23. The number of carbonyl (C=O) groups excluding carboxylic acids is 2. The van der Waals surface area contributed by atoms with Crippen molar-refractivity contribution in [1.29, 1.82) is 0 Å². The Morgan fingerprint density at radius 2 is 1.55 bits per heavy atom. The molecule has 2 aromatic carbocycles. The average molecular weight is 431 g/mol. The topological polar surface area (TPSA) is 128 Å². The van der Waals surface area contributed by atoms with Crippen molar-refractivity contribution in [1.82, 2.24) is 4.90 Å². The van der Waals surface area contributed by atoms with Crippen LogP contribution in [0.5, 0.6) is 17.2 Å². The smallest absolute Gasteiger partial charge is 0.227 e. The van der Waals surface area contributed by atoms with Crippen LogP contribution in [0.2, 0.25) is 0 Å². The summed E-state index contributed by atoms with van der Waals surface area (Å²) in [5.41, 5.74) is 0.848. The number of hydrogen-bond donors (Lipinski definition) is 4. The minimum Gasteiger partial charge on any atom is -0.508 e. The molecule has 0 spiro atoms. The predicted octanol–water partition coefficient (Wildman–Crippen LogP) is 1.65. The maximum atomic E-state index is 13.3. The van der Waals surface area contributed by atoms with E-state index in [4.69, 9.17) is 4.74 Å². The highest BCUT2D eigenvalue weighted by atomic mass is 16.5. The first-order valence-electron chi connectivity index (χ1n) is 10.2. The number of phenols is 2. The second kappa shape index (κ2) is 11.3. The van der Waals surface area contributed by atoms with Gasteiger partial charge in [-0.25, -0.2) is 0 Å². The number of benzene rings is 2. The molecule has 2 rings (SSSR count). The fraction of sp³-hybridized carbons (Fsp3) is 0.391. The van der Waals surface area contributed by atoms with E-state index in [9.17, 15) is 30.0 Å². The molecule has 0 radical (unpaired) electrons. The van der Waals surface area contributed by atoms with Gasteiger partial charge in [-0.1, -0.05) is 6.92 Å². The van der Waals surface area contributed by atoms with Gasteiger partial charge in [0.15, 0.2) is 5.78 Å². The predicted molar refractivity (Wildman–Crippen MR) is 115 cm³/mol. The molecule has 0 aromatic heterocycles. The Morgan fingerprint density at radius 3 is 2.06 bits per heavy atom.